The lowest BCUT2D eigenvalue weighted by atomic mass is 10.2. The number of sulfonamides is 1. The van der Waals surface area contributed by atoms with Crippen molar-refractivity contribution in [3.63, 3.8) is 0 Å². The van der Waals surface area contributed by atoms with Crippen molar-refractivity contribution in [2.75, 3.05) is 18.4 Å². The van der Waals surface area contributed by atoms with Gasteiger partial charge in [-0.15, -0.1) is 11.3 Å². The third-order valence-electron chi connectivity index (χ3n) is 2.91. The second-order valence-electron chi connectivity index (χ2n) is 4.51. The van der Waals surface area contributed by atoms with Gasteiger partial charge >= 0.3 is 0 Å². The number of nitro benzene ring substituents is 1. The highest BCUT2D eigenvalue weighted by molar-refractivity contribution is 7.91. The molecule has 1 heterocycles. The number of hydrogen-bond donors (Lipinski definition) is 2. The van der Waals surface area contributed by atoms with Gasteiger partial charge in [0.15, 0.2) is 0 Å². The second kappa shape index (κ2) is 6.86. The number of nitro groups is 1. The van der Waals surface area contributed by atoms with Crippen molar-refractivity contribution in [3.8, 4) is 0 Å². The Kier molecular flexibility index (Phi) is 5.11. The molecule has 7 nitrogen and oxygen atoms in total. The van der Waals surface area contributed by atoms with Crippen LogP contribution in [0, 0.1) is 17.0 Å². The van der Waals surface area contributed by atoms with Crippen LogP contribution >= 0.6 is 11.3 Å². The van der Waals surface area contributed by atoms with Crippen molar-refractivity contribution in [1.82, 2.24) is 4.72 Å². The van der Waals surface area contributed by atoms with Crippen LogP contribution in [0.3, 0.4) is 0 Å². The van der Waals surface area contributed by atoms with E-state index >= 15 is 0 Å². The average molecular weight is 341 g/mol. The molecule has 1 aromatic heterocycles. The van der Waals surface area contributed by atoms with Crippen LogP contribution < -0.4 is 10.0 Å². The van der Waals surface area contributed by atoms with Gasteiger partial charge in [0.2, 0.25) is 10.0 Å². The number of benzene rings is 1. The van der Waals surface area contributed by atoms with Crippen molar-refractivity contribution >= 4 is 32.7 Å². The van der Waals surface area contributed by atoms with Crippen LogP contribution in [0.25, 0.3) is 0 Å². The number of nitrogens with zero attached hydrogens (tertiary/aromatic N) is 1. The largest absolute Gasteiger partial charge is 0.384 e. The zero-order valence-corrected chi connectivity index (χ0v) is 13.4. The molecule has 0 amide bonds. The summed E-state index contributed by atoms with van der Waals surface area (Å²) in [6.45, 7) is 2.35. The van der Waals surface area contributed by atoms with Crippen LogP contribution in [0.4, 0.5) is 11.4 Å². The van der Waals surface area contributed by atoms with Crippen molar-refractivity contribution in [1.29, 1.82) is 0 Å². The standard InChI is InChI=1S/C13H15N3O4S2/c1-10-9-11(16(17)18)4-5-12(10)14-6-7-15-22(19,20)13-3-2-8-21-13/h2-5,8-9,14-15H,6-7H2,1H3. The quantitative estimate of drug-likeness (QED) is 0.457. The van der Waals surface area contributed by atoms with E-state index in [2.05, 4.69) is 10.0 Å². The maximum atomic E-state index is 11.9. The van der Waals surface area contributed by atoms with Crippen LogP contribution in [0.15, 0.2) is 39.9 Å². The molecule has 2 rings (SSSR count). The molecular weight excluding hydrogens is 326 g/mol. The molecule has 0 aliphatic rings. The third kappa shape index (κ3) is 4.03. The van der Waals surface area contributed by atoms with Gasteiger partial charge in [0.1, 0.15) is 4.21 Å². The fraction of sp³-hybridized carbons (Fsp3) is 0.231. The molecule has 0 aliphatic heterocycles. The number of anilines is 1. The number of hydrogen-bond acceptors (Lipinski definition) is 6. The lowest BCUT2D eigenvalue weighted by Crippen LogP contribution is -2.28. The summed E-state index contributed by atoms with van der Waals surface area (Å²) in [5.41, 5.74) is 1.50. The first-order valence-corrected chi connectivity index (χ1v) is 8.78. The molecule has 0 fully saturated rings. The molecule has 118 valence electrons. The van der Waals surface area contributed by atoms with Gasteiger partial charge in [0, 0.05) is 30.9 Å². The first-order chi connectivity index (χ1) is 10.4. The van der Waals surface area contributed by atoms with E-state index < -0.39 is 14.9 Å². The van der Waals surface area contributed by atoms with Gasteiger partial charge in [0.05, 0.1) is 4.92 Å². The van der Waals surface area contributed by atoms with E-state index in [1.807, 2.05) is 0 Å². The van der Waals surface area contributed by atoms with Crippen LogP contribution in [0.2, 0.25) is 0 Å². The smallest absolute Gasteiger partial charge is 0.269 e. The van der Waals surface area contributed by atoms with Crippen molar-refractivity contribution in [2.24, 2.45) is 0 Å². The summed E-state index contributed by atoms with van der Waals surface area (Å²) in [5, 5.41) is 15.4. The molecule has 0 saturated heterocycles. The predicted molar refractivity (Wildman–Crippen MR) is 85.8 cm³/mol. The second-order valence-corrected chi connectivity index (χ2v) is 7.45. The predicted octanol–water partition coefficient (Wildman–Crippen LogP) is 2.36. The lowest BCUT2D eigenvalue weighted by molar-refractivity contribution is -0.384. The highest BCUT2D eigenvalue weighted by Gasteiger charge is 2.14. The molecule has 2 aromatic rings. The van der Waals surface area contributed by atoms with Crippen LogP contribution in [0.5, 0.6) is 0 Å². The highest BCUT2D eigenvalue weighted by Crippen LogP contribution is 2.21. The van der Waals surface area contributed by atoms with Crippen molar-refractivity contribution in [3.05, 3.63) is 51.4 Å². The molecule has 0 aliphatic carbocycles. The Bertz CT molecular complexity index is 758. The van der Waals surface area contributed by atoms with Gasteiger partial charge in [-0.05, 0) is 30.0 Å². The third-order valence-corrected chi connectivity index (χ3v) is 5.77. The summed E-state index contributed by atoms with van der Waals surface area (Å²) in [6.07, 6.45) is 0. The minimum atomic E-state index is -3.46. The Balaban J connectivity index is 1.88. The Hall–Kier alpha value is -1.97. The SMILES string of the molecule is Cc1cc([N+](=O)[O-])ccc1NCCNS(=O)(=O)c1cccs1. The van der Waals surface area contributed by atoms with E-state index in [0.717, 1.165) is 22.6 Å². The fourth-order valence-electron chi connectivity index (χ4n) is 1.83. The zero-order valence-electron chi connectivity index (χ0n) is 11.8. The monoisotopic (exact) mass is 341 g/mol. The summed E-state index contributed by atoms with van der Waals surface area (Å²) in [5.74, 6) is 0. The maximum absolute atomic E-state index is 11.9. The summed E-state index contributed by atoms with van der Waals surface area (Å²) in [7, 11) is -3.46. The van der Waals surface area contributed by atoms with Crippen LogP contribution in [-0.4, -0.2) is 26.4 Å². The molecule has 2 N–H and O–H groups in total. The Morgan fingerprint density at radius 2 is 2.05 bits per heavy atom. The molecule has 0 atom stereocenters. The molecule has 1 aromatic carbocycles. The van der Waals surface area contributed by atoms with E-state index in [0.29, 0.717) is 6.54 Å². The Labute approximate surface area is 132 Å². The van der Waals surface area contributed by atoms with Gasteiger partial charge in [-0.1, -0.05) is 6.07 Å². The van der Waals surface area contributed by atoms with Gasteiger partial charge < -0.3 is 5.32 Å². The molecule has 0 bridgehead atoms. The number of nitrogens with one attached hydrogen (secondary N) is 2. The summed E-state index contributed by atoms with van der Waals surface area (Å²) >= 11 is 1.16. The van der Waals surface area contributed by atoms with Crippen LogP contribution in [-0.2, 0) is 10.0 Å². The van der Waals surface area contributed by atoms with E-state index in [-0.39, 0.29) is 16.4 Å². The van der Waals surface area contributed by atoms with Gasteiger partial charge in [-0.3, -0.25) is 10.1 Å². The first-order valence-electron chi connectivity index (χ1n) is 6.42. The van der Waals surface area contributed by atoms with Crippen molar-refractivity contribution in [2.45, 2.75) is 11.1 Å². The minimum Gasteiger partial charge on any atom is -0.384 e. The van der Waals surface area contributed by atoms with Gasteiger partial charge in [-0.25, -0.2) is 13.1 Å². The lowest BCUT2D eigenvalue weighted by Gasteiger charge is -2.10. The molecule has 0 unspecified atom stereocenters. The number of rotatable bonds is 7. The number of non-ortho nitro benzene ring substituents is 1. The van der Waals surface area contributed by atoms with Crippen molar-refractivity contribution < 1.29 is 13.3 Å². The summed E-state index contributed by atoms with van der Waals surface area (Å²) in [4.78, 5) is 10.2. The molecule has 9 heteroatoms. The van der Waals surface area contributed by atoms with Crippen LogP contribution in [0.1, 0.15) is 5.56 Å². The highest BCUT2D eigenvalue weighted by atomic mass is 32.2. The fourth-order valence-corrected chi connectivity index (χ4v) is 3.90. The molecule has 0 spiro atoms. The van der Waals surface area contributed by atoms with E-state index in [9.17, 15) is 18.5 Å². The van der Waals surface area contributed by atoms with Gasteiger partial charge in [-0.2, -0.15) is 0 Å². The number of aryl methyl sites for hydroxylation is 1. The summed E-state index contributed by atoms with van der Waals surface area (Å²) in [6, 6.07) is 7.71. The maximum Gasteiger partial charge on any atom is 0.269 e. The topological polar surface area (TPSA) is 101 Å². The Morgan fingerprint density at radius 1 is 1.27 bits per heavy atom. The molecular formula is C13H15N3O4S2. The molecule has 0 radical (unpaired) electrons. The number of thiophene rings is 1. The normalized spacial score (nSPS) is 11.3. The minimum absolute atomic E-state index is 0.0291. The zero-order chi connectivity index (χ0) is 16.2. The van der Waals surface area contributed by atoms with E-state index in [1.54, 1.807) is 30.5 Å². The van der Waals surface area contributed by atoms with E-state index in [4.69, 9.17) is 0 Å². The molecule has 0 saturated carbocycles. The van der Waals surface area contributed by atoms with E-state index in [1.165, 1.54) is 12.1 Å². The first kappa shape index (κ1) is 16.4. The molecule has 22 heavy (non-hydrogen) atoms. The summed E-state index contributed by atoms with van der Waals surface area (Å²) < 4.78 is 26.5. The average Bonchev–Trinajstić information content (AvgIpc) is 2.99. The van der Waals surface area contributed by atoms with Gasteiger partial charge in [0.25, 0.3) is 5.69 Å². The Morgan fingerprint density at radius 3 is 2.64 bits per heavy atom.